The lowest BCUT2D eigenvalue weighted by Crippen LogP contribution is -2.56. The molecule has 0 aromatic heterocycles. The van der Waals surface area contributed by atoms with E-state index in [0.29, 0.717) is 12.8 Å². The second-order valence-corrected chi connectivity index (χ2v) is 4.96. The summed E-state index contributed by atoms with van der Waals surface area (Å²) >= 11 is 0. The van der Waals surface area contributed by atoms with Crippen LogP contribution in [-0.4, -0.2) is 36.1 Å². The minimum atomic E-state index is -4.31. The normalized spacial score (nSPS) is 22.7. The van der Waals surface area contributed by atoms with Crippen LogP contribution in [0.4, 0.5) is 18.0 Å². The molecule has 1 fully saturated rings. The smallest absolute Gasteiger partial charge is 0.367 e. The second kappa shape index (κ2) is 6.64. The Labute approximate surface area is 118 Å². The lowest BCUT2D eigenvalue weighted by Gasteiger charge is -2.31. The van der Waals surface area contributed by atoms with E-state index >= 15 is 0 Å². The van der Waals surface area contributed by atoms with Crippen molar-refractivity contribution in [2.24, 2.45) is 17.4 Å². The van der Waals surface area contributed by atoms with E-state index in [0.717, 1.165) is 0 Å². The van der Waals surface area contributed by atoms with Crippen LogP contribution in [-0.2, 0) is 9.59 Å². The van der Waals surface area contributed by atoms with Crippen LogP contribution in [0.2, 0.25) is 0 Å². The van der Waals surface area contributed by atoms with Crippen LogP contribution in [0.25, 0.3) is 0 Å². The zero-order valence-corrected chi connectivity index (χ0v) is 11.1. The van der Waals surface area contributed by atoms with Crippen LogP contribution in [0.1, 0.15) is 25.7 Å². The molecule has 1 saturated carbocycles. The van der Waals surface area contributed by atoms with Crippen LogP contribution in [0.3, 0.4) is 0 Å². The standard InChI is InChI=1S/C11H17F3N4O3/c12-11(13,14)5-2-1-3-6(4-5)17-10(21)18-7(8(15)19)9(16)20/h5-7H,1-4H2,(H2,15,19)(H2,16,20)(H2,17,18,21)/t5-,6+/m0/s1. The van der Waals surface area contributed by atoms with Crippen molar-refractivity contribution in [3.05, 3.63) is 0 Å². The monoisotopic (exact) mass is 310 g/mol. The van der Waals surface area contributed by atoms with Gasteiger partial charge in [-0.25, -0.2) is 4.79 Å². The molecule has 0 unspecified atom stereocenters. The maximum Gasteiger partial charge on any atom is 0.391 e. The van der Waals surface area contributed by atoms with Crippen LogP contribution < -0.4 is 22.1 Å². The van der Waals surface area contributed by atoms with Crippen molar-refractivity contribution in [3.63, 3.8) is 0 Å². The molecule has 120 valence electrons. The fraction of sp³-hybridized carbons (Fsp3) is 0.727. The van der Waals surface area contributed by atoms with Crippen LogP contribution in [0, 0.1) is 5.92 Å². The summed E-state index contributed by atoms with van der Waals surface area (Å²) in [5, 5.41) is 4.23. The predicted octanol–water partition coefficient (Wildman–Crippen LogP) is -0.254. The molecule has 1 aliphatic rings. The minimum absolute atomic E-state index is 0.0223. The van der Waals surface area contributed by atoms with E-state index < -0.39 is 42.0 Å². The first-order valence-corrected chi connectivity index (χ1v) is 6.33. The Balaban J connectivity index is 2.54. The molecule has 4 amide bonds. The van der Waals surface area contributed by atoms with Gasteiger partial charge in [-0.05, 0) is 19.3 Å². The van der Waals surface area contributed by atoms with Gasteiger partial charge < -0.3 is 22.1 Å². The molecule has 0 spiro atoms. The Kier molecular flexibility index (Phi) is 5.39. The van der Waals surface area contributed by atoms with Crippen molar-refractivity contribution in [1.82, 2.24) is 10.6 Å². The van der Waals surface area contributed by atoms with E-state index in [1.54, 1.807) is 0 Å². The third kappa shape index (κ3) is 5.12. The third-order valence-electron chi connectivity index (χ3n) is 3.32. The van der Waals surface area contributed by atoms with E-state index in [-0.39, 0.29) is 12.8 Å². The lowest BCUT2D eigenvalue weighted by molar-refractivity contribution is -0.183. The number of carbonyl (C=O) groups excluding carboxylic acids is 3. The molecule has 0 aliphatic heterocycles. The molecule has 1 aliphatic carbocycles. The highest BCUT2D eigenvalue weighted by atomic mass is 19.4. The zero-order chi connectivity index (χ0) is 16.2. The number of rotatable bonds is 4. The molecule has 7 nitrogen and oxygen atoms in total. The summed E-state index contributed by atoms with van der Waals surface area (Å²) in [5.74, 6) is -3.76. The van der Waals surface area contributed by atoms with Crippen LogP contribution >= 0.6 is 0 Å². The molecule has 10 heteroatoms. The minimum Gasteiger partial charge on any atom is -0.367 e. The summed E-state index contributed by atoms with van der Waals surface area (Å²) in [7, 11) is 0. The Morgan fingerprint density at radius 2 is 1.67 bits per heavy atom. The molecule has 0 bridgehead atoms. The number of hydrogen-bond donors (Lipinski definition) is 4. The largest absolute Gasteiger partial charge is 0.391 e. The average Bonchev–Trinajstić information content (AvgIpc) is 2.34. The summed E-state index contributed by atoms with van der Waals surface area (Å²) in [6.45, 7) is 0. The highest BCUT2D eigenvalue weighted by molar-refractivity contribution is 6.05. The van der Waals surface area contributed by atoms with Crippen LogP contribution in [0.15, 0.2) is 0 Å². The number of urea groups is 1. The van der Waals surface area contributed by atoms with Crippen molar-refractivity contribution >= 4 is 17.8 Å². The highest BCUT2D eigenvalue weighted by Gasteiger charge is 2.42. The fourth-order valence-corrected chi connectivity index (χ4v) is 2.26. The fourth-order valence-electron chi connectivity index (χ4n) is 2.26. The first-order chi connectivity index (χ1) is 9.61. The number of carbonyl (C=O) groups is 3. The molecular weight excluding hydrogens is 293 g/mol. The van der Waals surface area contributed by atoms with Crippen molar-refractivity contribution in [2.45, 2.75) is 43.9 Å². The number of alkyl halides is 3. The summed E-state index contributed by atoms with van der Waals surface area (Å²) in [4.78, 5) is 33.3. The Bertz CT molecular complexity index is 413. The van der Waals surface area contributed by atoms with Crippen molar-refractivity contribution in [1.29, 1.82) is 0 Å². The summed E-state index contributed by atoms with van der Waals surface area (Å²) in [6, 6.07) is -3.34. The van der Waals surface area contributed by atoms with Crippen molar-refractivity contribution in [3.8, 4) is 0 Å². The molecule has 0 radical (unpaired) electrons. The number of primary amides is 2. The van der Waals surface area contributed by atoms with Gasteiger partial charge in [-0.3, -0.25) is 9.59 Å². The van der Waals surface area contributed by atoms with Crippen molar-refractivity contribution < 1.29 is 27.6 Å². The zero-order valence-electron chi connectivity index (χ0n) is 11.1. The van der Waals surface area contributed by atoms with E-state index in [1.165, 1.54) is 0 Å². The van der Waals surface area contributed by atoms with Gasteiger partial charge in [0.2, 0.25) is 11.8 Å². The highest BCUT2D eigenvalue weighted by Crippen LogP contribution is 2.37. The van der Waals surface area contributed by atoms with E-state index in [4.69, 9.17) is 11.5 Å². The first-order valence-electron chi connectivity index (χ1n) is 6.33. The van der Waals surface area contributed by atoms with Gasteiger partial charge in [0.25, 0.3) is 0 Å². The quantitative estimate of drug-likeness (QED) is 0.534. The van der Waals surface area contributed by atoms with Gasteiger partial charge in [0.05, 0.1) is 5.92 Å². The predicted molar refractivity (Wildman–Crippen MR) is 65.6 cm³/mol. The molecule has 21 heavy (non-hydrogen) atoms. The topological polar surface area (TPSA) is 127 Å². The molecular formula is C11H17F3N4O3. The molecule has 0 aromatic rings. The number of hydrogen-bond acceptors (Lipinski definition) is 3. The Morgan fingerprint density at radius 3 is 2.14 bits per heavy atom. The Hall–Kier alpha value is -2.00. The van der Waals surface area contributed by atoms with Gasteiger partial charge >= 0.3 is 12.2 Å². The Morgan fingerprint density at radius 1 is 1.10 bits per heavy atom. The summed E-state index contributed by atoms with van der Waals surface area (Å²) in [5.41, 5.74) is 9.73. The van der Waals surface area contributed by atoms with E-state index in [2.05, 4.69) is 5.32 Å². The summed E-state index contributed by atoms with van der Waals surface area (Å²) < 4.78 is 37.9. The summed E-state index contributed by atoms with van der Waals surface area (Å²) in [6.07, 6.45) is -3.81. The maximum absolute atomic E-state index is 12.6. The van der Waals surface area contributed by atoms with E-state index in [9.17, 15) is 27.6 Å². The van der Waals surface area contributed by atoms with Gasteiger partial charge in [-0.15, -0.1) is 0 Å². The maximum atomic E-state index is 12.6. The molecule has 2 atom stereocenters. The van der Waals surface area contributed by atoms with Gasteiger partial charge in [0.1, 0.15) is 0 Å². The molecule has 0 aromatic carbocycles. The molecule has 0 heterocycles. The number of amides is 4. The first kappa shape index (κ1) is 17.1. The lowest BCUT2D eigenvalue weighted by atomic mass is 9.85. The molecule has 6 N–H and O–H groups in total. The van der Waals surface area contributed by atoms with Crippen molar-refractivity contribution in [2.75, 3.05) is 0 Å². The third-order valence-corrected chi connectivity index (χ3v) is 3.32. The number of halogens is 3. The number of nitrogens with two attached hydrogens (primary N) is 2. The molecule has 1 rings (SSSR count). The average molecular weight is 310 g/mol. The second-order valence-electron chi connectivity index (χ2n) is 4.96. The SMILES string of the molecule is NC(=O)C(NC(=O)N[C@@H]1CCC[C@H](C(F)(F)F)C1)C(N)=O. The molecule has 0 saturated heterocycles. The van der Waals surface area contributed by atoms with Gasteiger partial charge in [0, 0.05) is 6.04 Å². The van der Waals surface area contributed by atoms with Gasteiger partial charge in [-0.1, -0.05) is 6.42 Å². The van der Waals surface area contributed by atoms with Crippen LogP contribution in [0.5, 0.6) is 0 Å². The van der Waals surface area contributed by atoms with Gasteiger partial charge in [-0.2, -0.15) is 13.2 Å². The number of nitrogens with one attached hydrogen (secondary N) is 2. The van der Waals surface area contributed by atoms with Gasteiger partial charge in [0.15, 0.2) is 6.04 Å². The van der Waals surface area contributed by atoms with E-state index in [1.807, 2.05) is 5.32 Å².